The molecule has 25 heavy (non-hydrogen) atoms. The minimum absolute atomic E-state index is 0.0446. The lowest BCUT2D eigenvalue weighted by molar-refractivity contribution is 0.0945. The van der Waals surface area contributed by atoms with Crippen LogP contribution in [-0.2, 0) is 4.74 Å². The Morgan fingerprint density at radius 3 is 2.88 bits per heavy atom. The van der Waals surface area contributed by atoms with Crippen LogP contribution in [0.3, 0.4) is 0 Å². The van der Waals surface area contributed by atoms with Crippen molar-refractivity contribution in [2.24, 2.45) is 0 Å². The van der Waals surface area contributed by atoms with Gasteiger partial charge in [0.25, 0.3) is 5.91 Å². The van der Waals surface area contributed by atoms with Gasteiger partial charge in [0.15, 0.2) is 0 Å². The van der Waals surface area contributed by atoms with Gasteiger partial charge < -0.3 is 15.0 Å². The summed E-state index contributed by atoms with van der Waals surface area (Å²) in [6.07, 6.45) is 2.50. The van der Waals surface area contributed by atoms with Crippen LogP contribution in [0.25, 0.3) is 0 Å². The average Bonchev–Trinajstić information content (AvgIpc) is 3.42. The lowest BCUT2D eigenvalue weighted by Crippen LogP contribution is -2.36. The number of benzene rings is 1. The number of morpholine rings is 1. The molecule has 2 aliphatic rings. The van der Waals surface area contributed by atoms with Crippen LogP contribution in [0.5, 0.6) is 0 Å². The van der Waals surface area contributed by atoms with E-state index in [-0.39, 0.29) is 23.7 Å². The molecule has 6 heteroatoms. The Bertz CT molecular complexity index is 777. The third kappa shape index (κ3) is 3.64. The first kappa shape index (κ1) is 16.0. The minimum Gasteiger partial charge on any atom is -0.378 e. The molecular formula is C19H20FN3O2. The summed E-state index contributed by atoms with van der Waals surface area (Å²) in [7, 11) is 0. The van der Waals surface area contributed by atoms with Crippen molar-refractivity contribution < 1.29 is 13.9 Å². The molecule has 1 aliphatic carbocycles. The van der Waals surface area contributed by atoms with Crippen LogP contribution in [0.2, 0.25) is 0 Å². The number of anilines is 1. The van der Waals surface area contributed by atoms with Crippen molar-refractivity contribution in [1.82, 2.24) is 10.3 Å². The summed E-state index contributed by atoms with van der Waals surface area (Å²) in [5.74, 6) is -0.240. The van der Waals surface area contributed by atoms with Gasteiger partial charge in [0.05, 0.1) is 13.2 Å². The first-order chi connectivity index (χ1) is 12.2. The molecule has 0 bridgehead atoms. The minimum atomic E-state index is -0.241. The second-order valence-corrected chi connectivity index (χ2v) is 6.48. The van der Waals surface area contributed by atoms with Gasteiger partial charge in [0, 0.05) is 36.9 Å². The summed E-state index contributed by atoms with van der Waals surface area (Å²) in [5.41, 5.74) is 2.33. The van der Waals surface area contributed by atoms with Crippen molar-refractivity contribution in [3.05, 3.63) is 59.7 Å². The van der Waals surface area contributed by atoms with E-state index in [0.29, 0.717) is 18.9 Å². The van der Waals surface area contributed by atoms with Gasteiger partial charge in [-0.15, -0.1) is 0 Å². The standard InChI is InChI=1S/C19H20FN3O2/c20-14-3-1-2-13(10-14)16-12-17(16)22-19(24)18-11-15(4-5-21-18)23-6-8-25-9-7-23/h1-5,10-11,16-17H,6-9,12H2,(H,22,24). The number of pyridine rings is 1. The lowest BCUT2D eigenvalue weighted by atomic mass is 10.1. The van der Waals surface area contributed by atoms with Crippen molar-refractivity contribution in [2.45, 2.75) is 18.4 Å². The summed E-state index contributed by atoms with van der Waals surface area (Å²) >= 11 is 0. The maximum Gasteiger partial charge on any atom is 0.270 e. The van der Waals surface area contributed by atoms with Crippen LogP contribution >= 0.6 is 0 Å². The number of rotatable bonds is 4. The van der Waals surface area contributed by atoms with Gasteiger partial charge in [-0.3, -0.25) is 9.78 Å². The monoisotopic (exact) mass is 341 g/mol. The van der Waals surface area contributed by atoms with E-state index in [9.17, 15) is 9.18 Å². The number of halogens is 1. The second-order valence-electron chi connectivity index (χ2n) is 6.48. The van der Waals surface area contributed by atoms with E-state index in [1.807, 2.05) is 18.2 Å². The molecule has 1 saturated carbocycles. The Morgan fingerprint density at radius 2 is 2.08 bits per heavy atom. The van der Waals surface area contributed by atoms with Gasteiger partial charge in [-0.25, -0.2) is 4.39 Å². The van der Waals surface area contributed by atoms with Crippen molar-refractivity contribution in [3.8, 4) is 0 Å². The van der Waals surface area contributed by atoms with Crippen molar-refractivity contribution in [3.63, 3.8) is 0 Å². The highest BCUT2D eigenvalue weighted by molar-refractivity contribution is 5.93. The molecule has 1 aromatic carbocycles. The van der Waals surface area contributed by atoms with Crippen molar-refractivity contribution >= 4 is 11.6 Å². The Balaban J connectivity index is 1.40. The number of carbonyl (C=O) groups is 1. The molecule has 1 aromatic heterocycles. The van der Waals surface area contributed by atoms with Gasteiger partial charge in [-0.1, -0.05) is 12.1 Å². The van der Waals surface area contributed by atoms with Crippen LogP contribution in [0.15, 0.2) is 42.6 Å². The van der Waals surface area contributed by atoms with E-state index in [0.717, 1.165) is 30.8 Å². The molecule has 5 nitrogen and oxygen atoms in total. The highest BCUT2D eigenvalue weighted by atomic mass is 19.1. The van der Waals surface area contributed by atoms with E-state index >= 15 is 0 Å². The fourth-order valence-electron chi connectivity index (χ4n) is 3.26. The molecule has 2 fully saturated rings. The Labute approximate surface area is 145 Å². The van der Waals surface area contributed by atoms with Crippen LogP contribution in [0.4, 0.5) is 10.1 Å². The Hall–Kier alpha value is -2.47. The number of carbonyl (C=O) groups excluding carboxylic acids is 1. The molecule has 0 spiro atoms. The molecule has 0 radical (unpaired) electrons. The summed E-state index contributed by atoms with van der Waals surface area (Å²) in [6.45, 7) is 3.02. The largest absolute Gasteiger partial charge is 0.378 e. The van der Waals surface area contributed by atoms with Gasteiger partial charge in [-0.2, -0.15) is 0 Å². The molecule has 4 rings (SSSR count). The van der Waals surface area contributed by atoms with Crippen LogP contribution in [0, 0.1) is 5.82 Å². The molecule has 2 atom stereocenters. The fraction of sp³-hybridized carbons (Fsp3) is 0.368. The van der Waals surface area contributed by atoms with Gasteiger partial charge >= 0.3 is 0 Å². The number of ether oxygens (including phenoxy) is 1. The molecule has 2 heterocycles. The smallest absolute Gasteiger partial charge is 0.270 e. The molecule has 130 valence electrons. The summed E-state index contributed by atoms with van der Waals surface area (Å²) in [5, 5.41) is 3.00. The molecule has 2 unspecified atom stereocenters. The summed E-state index contributed by atoms with van der Waals surface area (Å²) in [6, 6.07) is 10.3. The zero-order chi connectivity index (χ0) is 17.2. The maximum absolute atomic E-state index is 13.3. The zero-order valence-electron chi connectivity index (χ0n) is 13.8. The SMILES string of the molecule is O=C(NC1CC1c1cccc(F)c1)c1cc(N2CCOCC2)ccn1. The second kappa shape index (κ2) is 6.80. The number of amides is 1. The van der Waals surface area contributed by atoms with E-state index < -0.39 is 0 Å². The van der Waals surface area contributed by atoms with Gasteiger partial charge in [-0.05, 0) is 36.2 Å². The highest BCUT2D eigenvalue weighted by Gasteiger charge is 2.39. The predicted octanol–water partition coefficient (Wildman–Crippen LogP) is 2.34. The summed E-state index contributed by atoms with van der Waals surface area (Å²) < 4.78 is 18.7. The topological polar surface area (TPSA) is 54.5 Å². The van der Waals surface area contributed by atoms with E-state index in [2.05, 4.69) is 15.2 Å². The normalized spacial score (nSPS) is 22.5. The van der Waals surface area contributed by atoms with Crippen LogP contribution in [0.1, 0.15) is 28.4 Å². The van der Waals surface area contributed by atoms with E-state index in [4.69, 9.17) is 4.74 Å². The number of hydrogen-bond acceptors (Lipinski definition) is 4. The fourth-order valence-corrected chi connectivity index (χ4v) is 3.26. The first-order valence-corrected chi connectivity index (χ1v) is 8.56. The molecule has 1 N–H and O–H groups in total. The molecule has 2 aromatic rings. The zero-order valence-corrected chi connectivity index (χ0v) is 13.8. The number of nitrogens with one attached hydrogen (secondary N) is 1. The predicted molar refractivity (Wildman–Crippen MR) is 92.3 cm³/mol. The number of hydrogen-bond donors (Lipinski definition) is 1. The maximum atomic E-state index is 13.3. The summed E-state index contributed by atoms with van der Waals surface area (Å²) in [4.78, 5) is 18.9. The van der Waals surface area contributed by atoms with Crippen LogP contribution in [-0.4, -0.2) is 43.2 Å². The van der Waals surface area contributed by atoms with Crippen molar-refractivity contribution in [1.29, 1.82) is 0 Å². The molecule has 1 aliphatic heterocycles. The average molecular weight is 341 g/mol. The highest BCUT2D eigenvalue weighted by Crippen LogP contribution is 2.41. The first-order valence-electron chi connectivity index (χ1n) is 8.56. The van der Waals surface area contributed by atoms with Crippen molar-refractivity contribution in [2.75, 3.05) is 31.2 Å². The third-order valence-electron chi connectivity index (χ3n) is 4.74. The lowest BCUT2D eigenvalue weighted by Gasteiger charge is -2.28. The molecular weight excluding hydrogens is 321 g/mol. The van der Waals surface area contributed by atoms with E-state index in [1.54, 1.807) is 12.3 Å². The molecule has 1 saturated heterocycles. The van der Waals surface area contributed by atoms with Crippen LogP contribution < -0.4 is 10.2 Å². The van der Waals surface area contributed by atoms with Gasteiger partial charge in [0.2, 0.25) is 0 Å². The number of nitrogens with zero attached hydrogens (tertiary/aromatic N) is 2. The van der Waals surface area contributed by atoms with Gasteiger partial charge in [0.1, 0.15) is 11.5 Å². The Morgan fingerprint density at radius 1 is 1.24 bits per heavy atom. The molecule has 1 amide bonds. The quantitative estimate of drug-likeness (QED) is 0.927. The number of aromatic nitrogens is 1. The third-order valence-corrected chi connectivity index (χ3v) is 4.74. The Kier molecular flexibility index (Phi) is 4.36. The van der Waals surface area contributed by atoms with E-state index in [1.165, 1.54) is 12.1 Å².